The van der Waals surface area contributed by atoms with Gasteiger partial charge in [0.05, 0.1) is 23.2 Å². The molecule has 0 aliphatic carbocycles. The average Bonchev–Trinajstić information content (AvgIpc) is 3.60. The van der Waals surface area contributed by atoms with Crippen LogP contribution in [0, 0.1) is 11.6 Å². The zero-order valence-corrected chi connectivity index (χ0v) is 22.3. The van der Waals surface area contributed by atoms with E-state index < -0.39 is 40.3 Å². The van der Waals surface area contributed by atoms with E-state index in [-0.39, 0.29) is 47.8 Å². The lowest BCUT2D eigenvalue weighted by Gasteiger charge is -2.39. The molecule has 8 nitrogen and oxygen atoms in total. The Kier molecular flexibility index (Phi) is 7.57. The second-order valence-electron chi connectivity index (χ2n) is 9.64. The summed E-state index contributed by atoms with van der Waals surface area (Å²) in [5.41, 5.74) is -0.755. The number of aliphatic hydroxyl groups is 1. The highest BCUT2D eigenvalue weighted by Gasteiger charge is 2.54. The normalized spacial score (nSPS) is 19.7. The third-order valence-corrected chi connectivity index (χ3v) is 7.86. The first-order chi connectivity index (χ1) is 19.2. The Morgan fingerprint density at radius 1 is 1.20 bits per heavy atom. The van der Waals surface area contributed by atoms with Gasteiger partial charge in [-0.25, -0.2) is 13.6 Å². The van der Waals surface area contributed by atoms with Crippen molar-refractivity contribution in [3.8, 4) is 22.6 Å². The summed E-state index contributed by atoms with van der Waals surface area (Å²) in [6.45, 7) is -0.287. The van der Waals surface area contributed by atoms with Gasteiger partial charge >= 0.3 is 6.09 Å². The quantitative estimate of drug-likeness (QED) is 0.368. The zero-order chi connectivity index (χ0) is 28.6. The number of carbonyl (C=O) groups excluding carboxylic acids is 1. The Bertz CT molecular complexity index is 1470. The minimum Gasteiger partial charge on any atom is -0.488 e. The van der Waals surface area contributed by atoms with Crippen LogP contribution in [0.1, 0.15) is 34.3 Å². The molecule has 2 amide bonds. The molecule has 11 heteroatoms. The van der Waals surface area contributed by atoms with Crippen LogP contribution >= 0.6 is 11.6 Å². The highest BCUT2D eigenvalue weighted by molar-refractivity contribution is 6.34. The summed E-state index contributed by atoms with van der Waals surface area (Å²) < 4.78 is 43.4. The molecule has 3 aromatic rings. The molecule has 210 valence electrons. The van der Waals surface area contributed by atoms with Gasteiger partial charge in [0.25, 0.3) is 5.91 Å². The molecule has 3 N–H and O–H groups in total. The molecule has 3 aromatic carbocycles. The number of rotatable bonds is 7. The van der Waals surface area contributed by atoms with E-state index in [1.807, 2.05) is 18.2 Å². The fourth-order valence-electron chi connectivity index (χ4n) is 5.80. The number of halogens is 3. The third-order valence-electron chi connectivity index (χ3n) is 7.49. The summed E-state index contributed by atoms with van der Waals surface area (Å²) in [6.07, 6.45) is 0.0176. The number of hydrogen-bond acceptors (Lipinski definition) is 5. The molecule has 0 spiro atoms. The maximum absolute atomic E-state index is 16.1. The topological polar surface area (TPSA) is 108 Å². The van der Waals surface area contributed by atoms with Crippen molar-refractivity contribution >= 4 is 23.6 Å². The fraction of sp³-hybridized carbons (Fsp3) is 0.310. The first-order valence-electron chi connectivity index (χ1n) is 12.8. The Balaban J connectivity index is 1.76. The number of hydrogen-bond donors (Lipinski definition) is 3. The van der Waals surface area contributed by atoms with Gasteiger partial charge < -0.3 is 29.9 Å². The van der Waals surface area contributed by atoms with Gasteiger partial charge in [-0.2, -0.15) is 0 Å². The van der Waals surface area contributed by atoms with Crippen LogP contribution in [0.15, 0.2) is 48.5 Å². The third kappa shape index (κ3) is 4.50. The molecule has 2 aliphatic rings. The van der Waals surface area contributed by atoms with E-state index in [1.54, 1.807) is 12.1 Å². The van der Waals surface area contributed by atoms with Gasteiger partial charge in [0.2, 0.25) is 0 Å². The van der Waals surface area contributed by atoms with Crippen molar-refractivity contribution in [3.63, 3.8) is 0 Å². The molecule has 2 aliphatic heterocycles. The van der Waals surface area contributed by atoms with Gasteiger partial charge in [-0.3, -0.25) is 4.79 Å². The van der Waals surface area contributed by atoms with Crippen molar-refractivity contribution in [3.05, 3.63) is 81.9 Å². The molecule has 2 atom stereocenters. The molecule has 0 aromatic heterocycles. The molecule has 0 saturated carbocycles. The number of ether oxygens (including phenoxy) is 2. The van der Waals surface area contributed by atoms with Crippen LogP contribution in [0.4, 0.5) is 13.6 Å². The summed E-state index contributed by atoms with van der Waals surface area (Å²) in [5, 5.41) is 21.2. The van der Waals surface area contributed by atoms with E-state index in [0.717, 1.165) is 6.07 Å². The lowest BCUT2D eigenvalue weighted by atomic mass is 9.79. The first kappa shape index (κ1) is 27.7. The van der Waals surface area contributed by atoms with Crippen LogP contribution in [-0.4, -0.2) is 60.0 Å². The van der Waals surface area contributed by atoms with Crippen molar-refractivity contribution in [2.45, 2.75) is 30.9 Å². The number of likely N-dealkylation sites (tertiary alicyclic amines) is 1. The molecule has 0 bridgehead atoms. The number of nitrogens with one attached hydrogen (secondary N) is 1. The second kappa shape index (κ2) is 10.9. The summed E-state index contributed by atoms with van der Waals surface area (Å²) in [5.74, 6) is -2.69. The van der Waals surface area contributed by atoms with E-state index in [0.29, 0.717) is 30.5 Å². The standard InChI is InChI=1S/C29H27ClF2N2O6/c1-33-27(36)17-9-10-20(39-13-12-35)26(32)24(17)23-18-15-29(16-6-3-2-4-7-16,22-8-5-11-34(22)28(37)38)40-21(18)14-19(31)25(23)30/h2-4,6-7,9-10,14,22,35H,5,8,11-13,15H2,1H3,(H,33,36)(H,37,38)/t22?,29-/m0/s1. The van der Waals surface area contributed by atoms with Gasteiger partial charge in [0.15, 0.2) is 17.2 Å². The van der Waals surface area contributed by atoms with Gasteiger partial charge in [-0.05, 0) is 30.5 Å². The highest BCUT2D eigenvalue weighted by Crippen LogP contribution is 2.53. The number of carbonyl (C=O) groups is 2. The number of aliphatic hydroxyl groups excluding tert-OH is 1. The van der Waals surface area contributed by atoms with E-state index in [9.17, 15) is 19.8 Å². The average molecular weight is 573 g/mol. The maximum atomic E-state index is 16.1. The second-order valence-corrected chi connectivity index (χ2v) is 10.0. The monoisotopic (exact) mass is 572 g/mol. The van der Waals surface area contributed by atoms with E-state index in [2.05, 4.69) is 5.32 Å². The van der Waals surface area contributed by atoms with Gasteiger partial charge in [-0.1, -0.05) is 41.9 Å². The Hall–Kier alpha value is -3.89. The highest BCUT2D eigenvalue weighted by atomic mass is 35.5. The molecule has 0 radical (unpaired) electrons. The fourth-order valence-corrected chi connectivity index (χ4v) is 6.06. The number of benzene rings is 3. The number of carboxylic acid groups (broad SMARTS) is 1. The molecule has 5 rings (SSSR count). The summed E-state index contributed by atoms with van der Waals surface area (Å²) >= 11 is 6.52. The molecular weight excluding hydrogens is 546 g/mol. The Morgan fingerprint density at radius 3 is 2.62 bits per heavy atom. The maximum Gasteiger partial charge on any atom is 0.407 e. The molecule has 1 fully saturated rings. The molecule has 1 saturated heterocycles. The first-order valence-corrected chi connectivity index (χ1v) is 13.1. The molecule has 40 heavy (non-hydrogen) atoms. The van der Waals surface area contributed by atoms with E-state index in [1.165, 1.54) is 24.1 Å². The predicted molar refractivity (Wildman–Crippen MR) is 143 cm³/mol. The van der Waals surface area contributed by atoms with Crippen molar-refractivity contribution in [1.82, 2.24) is 10.2 Å². The lowest BCUT2D eigenvalue weighted by molar-refractivity contribution is 0.00693. The van der Waals surface area contributed by atoms with Gasteiger partial charge in [-0.15, -0.1) is 0 Å². The van der Waals surface area contributed by atoms with Gasteiger partial charge in [0, 0.05) is 42.8 Å². The van der Waals surface area contributed by atoms with Crippen LogP contribution < -0.4 is 14.8 Å². The van der Waals surface area contributed by atoms with Crippen molar-refractivity contribution in [1.29, 1.82) is 0 Å². The van der Waals surface area contributed by atoms with Crippen LogP contribution in [0.2, 0.25) is 5.02 Å². The minimum atomic E-state index is -1.26. The summed E-state index contributed by atoms with van der Waals surface area (Å²) in [7, 11) is 1.38. The zero-order valence-electron chi connectivity index (χ0n) is 21.5. The number of amides is 2. The lowest BCUT2D eigenvalue weighted by Crippen LogP contribution is -2.52. The summed E-state index contributed by atoms with van der Waals surface area (Å²) in [6, 6.07) is 12.1. The minimum absolute atomic E-state index is 0.0322. The largest absolute Gasteiger partial charge is 0.488 e. The van der Waals surface area contributed by atoms with Gasteiger partial charge in [0.1, 0.15) is 18.2 Å². The van der Waals surface area contributed by atoms with E-state index >= 15 is 8.78 Å². The van der Waals surface area contributed by atoms with Crippen LogP contribution in [0.3, 0.4) is 0 Å². The molecule has 2 heterocycles. The Labute approximate surface area is 234 Å². The van der Waals surface area contributed by atoms with Crippen molar-refractivity contribution in [2.75, 3.05) is 26.8 Å². The number of nitrogens with zero attached hydrogens (tertiary/aromatic N) is 1. The van der Waals surface area contributed by atoms with Crippen LogP contribution in [-0.2, 0) is 12.0 Å². The summed E-state index contributed by atoms with van der Waals surface area (Å²) in [4.78, 5) is 26.4. The van der Waals surface area contributed by atoms with E-state index in [4.69, 9.17) is 21.1 Å². The molecule has 1 unspecified atom stereocenters. The SMILES string of the molecule is CNC(=O)c1ccc(OCCO)c(F)c1-c1c(Cl)c(F)cc2c1C[C@](c1ccccc1)(C1CCCN1C(=O)O)O2. The van der Waals surface area contributed by atoms with Crippen molar-refractivity contribution < 1.29 is 38.1 Å². The smallest absolute Gasteiger partial charge is 0.407 e. The predicted octanol–water partition coefficient (Wildman–Crippen LogP) is 4.99. The molecular formula is C29H27ClF2N2O6. The van der Waals surface area contributed by atoms with Crippen molar-refractivity contribution in [2.24, 2.45) is 0 Å². The van der Waals surface area contributed by atoms with Crippen LogP contribution in [0.5, 0.6) is 11.5 Å². The Morgan fingerprint density at radius 2 is 1.95 bits per heavy atom. The van der Waals surface area contributed by atoms with Crippen LogP contribution in [0.25, 0.3) is 11.1 Å². The number of fused-ring (bicyclic) bond motifs is 1.